The van der Waals surface area contributed by atoms with Gasteiger partial charge in [0.1, 0.15) is 5.01 Å². The van der Waals surface area contributed by atoms with E-state index < -0.39 is 0 Å². The molecular formula is C16H22N2S2. The van der Waals surface area contributed by atoms with Gasteiger partial charge in [0.2, 0.25) is 0 Å². The van der Waals surface area contributed by atoms with E-state index in [1.54, 1.807) is 11.3 Å². The van der Waals surface area contributed by atoms with E-state index in [2.05, 4.69) is 55.7 Å². The van der Waals surface area contributed by atoms with Crippen molar-refractivity contribution in [1.82, 2.24) is 10.3 Å². The number of aryl methyl sites for hydroxylation is 1. The Morgan fingerprint density at radius 3 is 3.00 bits per heavy atom. The van der Waals surface area contributed by atoms with E-state index >= 15 is 0 Å². The molecule has 2 nitrogen and oxygen atoms in total. The molecule has 0 amide bonds. The van der Waals surface area contributed by atoms with Crippen molar-refractivity contribution in [3.8, 4) is 0 Å². The summed E-state index contributed by atoms with van der Waals surface area (Å²) in [4.78, 5) is 6.05. The molecule has 0 aliphatic rings. The molecule has 1 atom stereocenters. The van der Waals surface area contributed by atoms with E-state index in [-0.39, 0.29) is 0 Å². The number of hydrogen-bond acceptors (Lipinski definition) is 4. The number of hydrogen-bond donors (Lipinski definition) is 1. The Bertz CT molecular complexity index is 537. The predicted molar refractivity (Wildman–Crippen MR) is 89.6 cm³/mol. The van der Waals surface area contributed by atoms with Crippen LogP contribution in [0.4, 0.5) is 0 Å². The van der Waals surface area contributed by atoms with Gasteiger partial charge in [0.05, 0.1) is 11.4 Å². The Morgan fingerprint density at radius 1 is 1.40 bits per heavy atom. The molecule has 0 saturated heterocycles. The molecule has 108 valence electrons. The molecule has 2 aromatic rings. The van der Waals surface area contributed by atoms with Crippen LogP contribution < -0.4 is 5.32 Å². The maximum absolute atomic E-state index is 4.74. The van der Waals surface area contributed by atoms with E-state index in [1.807, 2.05) is 11.8 Å². The fourth-order valence-electron chi connectivity index (χ4n) is 1.91. The average molecular weight is 306 g/mol. The van der Waals surface area contributed by atoms with Gasteiger partial charge in [-0.1, -0.05) is 24.6 Å². The van der Waals surface area contributed by atoms with E-state index in [4.69, 9.17) is 4.98 Å². The summed E-state index contributed by atoms with van der Waals surface area (Å²) >= 11 is 3.62. The van der Waals surface area contributed by atoms with Gasteiger partial charge in [-0.05, 0) is 38.9 Å². The number of nitrogens with one attached hydrogen (secondary N) is 1. The lowest BCUT2D eigenvalue weighted by Gasteiger charge is -2.09. The number of benzene rings is 1. The minimum Gasteiger partial charge on any atom is -0.309 e. The number of rotatable bonds is 7. The van der Waals surface area contributed by atoms with Gasteiger partial charge in [-0.25, -0.2) is 4.98 Å². The molecule has 0 aliphatic heterocycles. The third-order valence-electron chi connectivity index (χ3n) is 3.07. The molecule has 1 aromatic carbocycles. The summed E-state index contributed by atoms with van der Waals surface area (Å²) in [6.45, 7) is 7.55. The van der Waals surface area contributed by atoms with E-state index in [1.165, 1.54) is 21.2 Å². The van der Waals surface area contributed by atoms with Crippen molar-refractivity contribution in [1.29, 1.82) is 0 Å². The van der Waals surface area contributed by atoms with Gasteiger partial charge >= 0.3 is 0 Å². The molecule has 1 unspecified atom stereocenters. The van der Waals surface area contributed by atoms with E-state index in [0.29, 0.717) is 6.04 Å². The summed E-state index contributed by atoms with van der Waals surface area (Å²) in [7, 11) is 0. The average Bonchev–Trinajstić information content (AvgIpc) is 2.91. The molecule has 0 spiro atoms. The summed E-state index contributed by atoms with van der Waals surface area (Å²) in [6, 6.07) is 8.99. The molecule has 2 rings (SSSR count). The van der Waals surface area contributed by atoms with Crippen molar-refractivity contribution in [2.75, 3.05) is 6.54 Å². The zero-order valence-corrected chi connectivity index (χ0v) is 14.0. The number of aromatic nitrogens is 1. The lowest BCUT2D eigenvalue weighted by molar-refractivity contribution is 0.560. The maximum atomic E-state index is 4.74. The van der Waals surface area contributed by atoms with Crippen LogP contribution in [0.25, 0.3) is 0 Å². The van der Waals surface area contributed by atoms with Gasteiger partial charge < -0.3 is 5.32 Å². The molecule has 0 bridgehead atoms. The van der Waals surface area contributed by atoms with Crippen LogP contribution in [0.5, 0.6) is 0 Å². The summed E-state index contributed by atoms with van der Waals surface area (Å²) in [5.41, 5.74) is 2.48. The van der Waals surface area contributed by atoms with Gasteiger partial charge in [0, 0.05) is 16.3 Å². The highest BCUT2D eigenvalue weighted by atomic mass is 32.2. The Morgan fingerprint density at radius 2 is 2.25 bits per heavy atom. The first-order chi connectivity index (χ1) is 9.69. The Labute approximate surface area is 130 Å². The monoisotopic (exact) mass is 306 g/mol. The second kappa shape index (κ2) is 7.81. The van der Waals surface area contributed by atoms with Crippen LogP contribution in [-0.2, 0) is 5.75 Å². The zero-order valence-electron chi connectivity index (χ0n) is 12.3. The van der Waals surface area contributed by atoms with Crippen LogP contribution in [0.3, 0.4) is 0 Å². The molecule has 0 fully saturated rings. The zero-order chi connectivity index (χ0) is 14.4. The van der Waals surface area contributed by atoms with Crippen molar-refractivity contribution in [2.45, 2.75) is 43.9 Å². The molecule has 0 radical (unpaired) electrons. The van der Waals surface area contributed by atoms with Crippen molar-refractivity contribution >= 4 is 23.1 Å². The van der Waals surface area contributed by atoms with Crippen molar-refractivity contribution in [3.63, 3.8) is 0 Å². The maximum Gasteiger partial charge on any atom is 0.103 e. The minimum atomic E-state index is 0.351. The van der Waals surface area contributed by atoms with Gasteiger partial charge in [-0.3, -0.25) is 0 Å². The van der Waals surface area contributed by atoms with Crippen LogP contribution in [0.15, 0.2) is 34.5 Å². The molecule has 1 aromatic heterocycles. The van der Waals surface area contributed by atoms with Gasteiger partial charge in [-0.15, -0.1) is 23.1 Å². The van der Waals surface area contributed by atoms with Gasteiger partial charge in [-0.2, -0.15) is 0 Å². The predicted octanol–water partition coefficient (Wildman–Crippen LogP) is 4.80. The molecule has 4 heteroatoms. The minimum absolute atomic E-state index is 0.351. The van der Waals surface area contributed by atoms with Gasteiger partial charge in [0.15, 0.2) is 0 Å². The Balaban J connectivity index is 1.89. The first-order valence-corrected chi connectivity index (χ1v) is 8.92. The van der Waals surface area contributed by atoms with E-state index in [0.717, 1.165) is 18.7 Å². The van der Waals surface area contributed by atoms with Crippen molar-refractivity contribution in [3.05, 3.63) is 45.9 Å². The van der Waals surface area contributed by atoms with Gasteiger partial charge in [0.25, 0.3) is 0 Å². The first kappa shape index (κ1) is 15.5. The fraction of sp³-hybridized carbons (Fsp3) is 0.438. The highest BCUT2D eigenvalue weighted by molar-refractivity contribution is 7.98. The molecule has 1 heterocycles. The molecule has 0 saturated carbocycles. The topological polar surface area (TPSA) is 24.9 Å². The quantitative estimate of drug-likeness (QED) is 0.743. The largest absolute Gasteiger partial charge is 0.309 e. The normalized spacial score (nSPS) is 12.6. The SMILES string of the molecule is CCCNC(C)c1csc(CSc2cccc(C)c2)n1. The first-order valence-electron chi connectivity index (χ1n) is 7.06. The van der Waals surface area contributed by atoms with E-state index in [9.17, 15) is 0 Å². The molecule has 1 N–H and O–H groups in total. The summed E-state index contributed by atoms with van der Waals surface area (Å²) in [5.74, 6) is 0.953. The van der Waals surface area contributed by atoms with Crippen LogP contribution in [0, 0.1) is 6.92 Å². The number of thiazole rings is 1. The smallest absolute Gasteiger partial charge is 0.103 e. The summed E-state index contributed by atoms with van der Waals surface area (Å²) < 4.78 is 0. The van der Waals surface area contributed by atoms with Crippen molar-refractivity contribution < 1.29 is 0 Å². The lowest BCUT2D eigenvalue weighted by atomic mass is 10.2. The van der Waals surface area contributed by atoms with Crippen LogP contribution in [0.1, 0.15) is 42.6 Å². The Kier molecular flexibility index (Phi) is 6.07. The van der Waals surface area contributed by atoms with Crippen LogP contribution in [0.2, 0.25) is 0 Å². The lowest BCUT2D eigenvalue weighted by Crippen LogP contribution is -2.19. The highest BCUT2D eigenvalue weighted by Crippen LogP contribution is 2.26. The second-order valence-corrected chi connectivity index (χ2v) is 6.94. The number of nitrogens with zero attached hydrogens (tertiary/aromatic N) is 1. The number of thioether (sulfide) groups is 1. The Hall–Kier alpha value is -0.840. The van der Waals surface area contributed by atoms with Crippen LogP contribution >= 0.6 is 23.1 Å². The third kappa shape index (κ3) is 4.62. The second-order valence-electron chi connectivity index (χ2n) is 4.95. The molecule has 0 aliphatic carbocycles. The fourth-order valence-corrected chi connectivity index (χ4v) is 3.83. The standard InChI is InChI=1S/C16H22N2S2/c1-4-8-17-13(3)15-10-20-16(18-15)11-19-14-7-5-6-12(2)9-14/h5-7,9-10,13,17H,4,8,11H2,1-3H3. The third-order valence-corrected chi connectivity index (χ3v) is 5.12. The highest BCUT2D eigenvalue weighted by Gasteiger charge is 2.09. The molecule has 20 heavy (non-hydrogen) atoms. The van der Waals surface area contributed by atoms with Crippen LogP contribution in [-0.4, -0.2) is 11.5 Å². The van der Waals surface area contributed by atoms with Crippen molar-refractivity contribution in [2.24, 2.45) is 0 Å². The molecular weight excluding hydrogens is 284 g/mol. The summed E-state index contributed by atoms with van der Waals surface area (Å²) in [5, 5.41) is 6.87. The summed E-state index contributed by atoms with van der Waals surface area (Å²) in [6.07, 6.45) is 1.16.